The quantitative estimate of drug-likeness (QED) is 0.344. The Hall–Kier alpha value is -1.97. The predicted octanol–water partition coefficient (Wildman–Crippen LogP) is 4.77. The largest absolute Gasteiger partial charge is 0.330 e. The lowest BCUT2D eigenvalue weighted by Gasteiger charge is -2.35. The molecule has 4 unspecified atom stereocenters. The third kappa shape index (κ3) is 5.09. The Morgan fingerprint density at radius 2 is 2.07 bits per heavy atom. The Morgan fingerprint density at radius 3 is 2.61 bits per heavy atom. The van der Waals surface area contributed by atoms with Gasteiger partial charge in [0.25, 0.3) is 0 Å². The van der Waals surface area contributed by atoms with E-state index in [1.54, 1.807) is 0 Å². The minimum atomic E-state index is -0.168. The molecule has 1 saturated heterocycles. The van der Waals surface area contributed by atoms with Crippen molar-refractivity contribution in [3.8, 4) is 0 Å². The molecule has 0 aromatic rings. The smallest absolute Gasteiger partial charge is 0.227 e. The van der Waals surface area contributed by atoms with Gasteiger partial charge in [-0.2, -0.15) is 0 Å². The number of carbonyl (C=O) groups excluding carboxylic acids is 2. The van der Waals surface area contributed by atoms with Crippen LogP contribution in [0.15, 0.2) is 42.0 Å². The van der Waals surface area contributed by atoms with Crippen LogP contribution in [0.2, 0.25) is 0 Å². The van der Waals surface area contributed by atoms with Crippen molar-refractivity contribution < 1.29 is 9.59 Å². The Kier molecular flexibility index (Phi) is 6.84. The summed E-state index contributed by atoms with van der Waals surface area (Å²) in [6, 6.07) is -0.00769. The molecule has 0 radical (unpaired) electrons. The van der Waals surface area contributed by atoms with Gasteiger partial charge in [0.2, 0.25) is 5.91 Å². The standard InChI is InChI=1S/C24H36N2O2/c1-8-19-15-24(19,7)25-18(3)21-14-17(2)16-26(21)22(28)20(23(4,5)6)12-10-9-11-13-27/h8-10,13,19-21H,1-2,11-12,14-16H2,3-7H3/b10-9+,25-18?. The van der Waals surface area contributed by atoms with E-state index in [-0.39, 0.29) is 28.8 Å². The molecule has 1 heterocycles. The maximum atomic E-state index is 13.5. The summed E-state index contributed by atoms with van der Waals surface area (Å²) in [6.45, 7) is 19.2. The molecule has 0 aromatic carbocycles. The van der Waals surface area contributed by atoms with E-state index >= 15 is 0 Å². The molecular weight excluding hydrogens is 348 g/mol. The summed E-state index contributed by atoms with van der Waals surface area (Å²) < 4.78 is 0. The van der Waals surface area contributed by atoms with Crippen LogP contribution in [0, 0.1) is 17.3 Å². The van der Waals surface area contributed by atoms with Gasteiger partial charge in [-0.05, 0) is 38.5 Å². The Balaban J connectivity index is 2.22. The van der Waals surface area contributed by atoms with Crippen molar-refractivity contribution >= 4 is 17.9 Å². The zero-order valence-corrected chi connectivity index (χ0v) is 18.2. The number of aldehydes is 1. The maximum Gasteiger partial charge on any atom is 0.227 e. The van der Waals surface area contributed by atoms with Gasteiger partial charge in [0.05, 0.1) is 11.6 Å². The van der Waals surface area contributed by atoms with Crippen molar-refractivity contribution in [2.24, 2.45) is 22.2 Å². The summed E-state index contributed by atoms with van der Waals surface area (Å²) >= 11 is 0. The first-order valence-corrected chi connectivity index (χ1v) is 10.3. The lowest BCUT2D eigenvalue weighted by Crippen LogP contribution is -2.46. The van der Waals surface area contributed by atoms with Crippen LogP contribution in [0.4, 0.5) is 0 Å². The number of nitrogens with zero attached hydrogens (tertiary/aromatic N) is 2. The average molecular weight is 385 g/mol. The lowest BCUT2D eigenvalue weighted by atomic mass is 9.77. The third-order valence-corrected chi connectivity index (χ3v) is 6.12. The second-order valence-electron chi connectivity index (χ2n) is 9.62. The van der Waals surface area contributed by atoms with Gasteiger partial charge >= 0.3 is 0 Å². The van der Waals surface area contributed by atoms with Crippen molar-refractivity contribution in [2.75, 3.05) is 6.54 Å². The van der Waals surface area contributed by atoms with Crippen LogP contribution in [-0.4, -0.2) is 40.9 Å². The van der Waals surface area contributed by atoms with Crippen molar-refractivity contribution in [1.82, 2.24) is 4.90 Å². The van der Waals surface area contributed by atoms with Crippen LogP contribution in [-0.2, 0) is 9.59 Å². The van der Waals surface area contributed by atoms with Gasteiger partial charge in [0, 0.05) is 30.5 Å². The van der Waals surface area contributed by atoms with Crippen molar-refractivity contribution in [1.29, 1.82) is 0 Å². The first-order valence-electron chi connectivity index (χ1n) is 10.3. The molecule has 4 heteroatoms. The molecule has 0 bridgehead atoms. The fourth-order valence-electron chi connectivity index (χ4n) is 4.14. The van der Waals surface area contributed by atoms with Crippen LogP contribution in [0.1, 0.15) is 60.3 Å². The molecule has 1 aliphatic heterocycles. The molecule has 1 saturated carbocycles. The van der Waals surface area contributed by atoms with E-state index in [1.165, 1.54) is 0 Å². The highest BCUT2D eigenvalue weighted by Crippen LogP contribution is 2.48. The highest BCUT2D eigenvalue weighted by atomic mass is 16.2. The monoisotopic (exact) mass is 384 g/mol. The number of hydrogen-bond donors (Lipinski definition) is 0. The van der Waals surface area contributed by atoms with Crippen molar-refractivity contribution in [2.45, 2.75) is 71.9 Å². The Bertz CT molecular complexity index is 698. The number of likely N-dealkylation sites (tertiary alicyclic amines) is 1. The Labute approximate surface area is 170 Å². The molecular formula is C24H36N2O2. The highest BCUT2D eigenvalue weighted by molar-refractivity contribution is 5.94. The highest BCUT2D eigenvalue weighted by Gasteiger charge is 2.49. The molecule has 0 aromatic heterocycles. The van der Waals surface area contributed by atoms with E-state index < -0.39 is 0 Å². The van der Waals surface area contributed by atoms with Crippen molar-refractivity contribution in [3.05, 3.63) is 37.0 Å². The van der Waals surface area contributed by atoms with Gasteiger partial charge < -0.3 is 9.69 Å². The van der Waals surface area contributed by atoms with Crippen LogP contribution < -0.4 is 0 Å². The number of hydrogen-bond acceptors (Lipinski definition) is 3. The summed E-state index contributed by atoms with van der Waals surface area (Å²) in [4.78, 5) is 31.0. The molecule has 1 amide bonds. The summed E-state index contributed by atoms with van der Waals surface area (Å²) in [6.07, 6.45) is 9.50. The number of carbonyl (C=O) groups is 2. The second kappa shape index (κ2) is 8.59. The molecule has 28 heavy (non-hydrogen) atoms. The van der Waals surface area contributed by atoms with Crippen LogP contribution in [0.5, 0.6) is 0 Å². The molecule has 2 rings (SSSR count). The van der Waals surface area contributed by atoms with E-state index in [1.807, 2.05) is 30.1 Å². The molecule has 2 aliphatic rings. The van der Waals surface area contributed by atoms with E-state index in [0.717, 1.165) is 30.4 Å². The van der Waals surface area contributed by atoms with Gasteiger partial charge in [-0.25, -0.2) is 0 Å². The minimum Gasteiger partial charge on any atom is -0.330 e. The van der Waals surface area contributed by atoms with E-state index in [4.69, 9.17) is 4.99 Å². The molecule has 0 spiro atoms. The van der Waals surface area contributed by atoms with Gasteiger partial charge in [0.15, 0.2) is 0 Å². The topological polar surface area (TPSA) is 49.7 Å². The fraction of sp³-hybridized carbons (Fsp3) is 0.625. The molecule has 2 fully saturated rings. The van der Waals surface area contributed by atoms with E-state index in [2.05, 4.69) is 40.9 Å². The summed E-state index contributed by atoms with van der Waals surface area (Å²) in [5.41, 5.74) is 1.87. The van der Waals surface area contributed by atoms with Crippen LogP contribution in [0.3, 0.4) is 0 Å². The number of aliphatic imine (C=N–C) groups is 1. The summed E-state index contributed by atoms with van der Waals surface area (Å²) in [5, 5.41) is 0. The lowest BCUT2D eigenvalue weighted by molar-refractivity contribution is -0.138. The molecule has 154 valence electrons. The summed E-state index contributed by atoms with van der Waals surface area (Å²) in [7, 11) is 0. The minimum absolute atomic E-state index is 0.00769. The first kappa shape index (κ1) is 22.3. The summed E-state index contributed by atoms with van der Waals surface area (Å²) in [5.74, 6) is 0.443. The van der Waals surface area contributed by atoms with Gasteiger partial charge in [-0.15, -0.1) is 6.58 Å². The number of rotatable bonds is 8. The number of amides is 1. The SMILES string of the molecule is C=CC1CC1(C)N=C(C)C1CC(=C)CN1C(=O)C(C/C=C/CC=O)C(C)(C)C. The predicted molar refractivity (Wildman–Crippen MR) is 116 cm³/mol. The molecule has 1 aliphatic carbocycles. The number of allylic oxidation sites excluding steroid dienone is 2. The first-order chi connectivity index (χ1) is 13.0. The van der Waals surface area contributed by atoms with Crippen LogP contribution >= 0.6 is 0 Å². The molecule has 0 N–H and O–H groups in total. The van der Waals surface area contributed by atoms with Crippen molar-refractivity contribution in [3.63, 3.8) is 0 Å². The molecule has 4 atom stereocenters. The normalized spacial score (nSPS) is 29.2. The van der Waals surface area contributed by atoms with Crippen LogP contribution in [0.25, 0.3) is 0 Å². The van der Waals surface area contributed by atoms with E-state index in [0.29, 0.717) is 25.3 Å². The van der Waals surface area contributed by atoms with Gasteiger partial charge in [-0.3, -0.25) is 9.79 Å². The maximum absolute atomic E-state index is 13.5. The average Bonchev–Trinajstić information content (AvgIpc) is 3.07. The zero-order valence-electron chi connectivity index (χ0n) is 18.2. The van der Waals surface area contributed by atoms with Gasteiger partial charge in [0.1, 0.15) is 6.29 Å². The zero-order chi connectivity index (χ0) is 21.1. The molecule has 4 nitrogen and oxygen atoms in total. The third-order valence-electron chi connectivity index (χ3n) is 6.12. The fourth-order valence-corrected chi connectivity index (χ4v) is 4.14. The second-order valence-corrected chi connectivity index (χ2v) is 9.62. The Morgan fingerprint density at radius 1 is 1.39 bits per heavy atom. The van der Waals surface area contributed by atoms with Gasteiger partial charge in [-0.1, -0.05) is 51.2 Å². The van der Waals surface area contributed by atoms with E-state index in [9.17, 15) is 9.59 Å².